The molecule has 8 heteroatoms. The van der Waals surface area contributed by atoms with Crippen molar-refractivity contribution in [2.45, 2.75) is 11.1 Å². The number of allylic oxidation sites excluding steroid dienone is 1. The molecule has 3 nitrogen and oxygen atoms in total. The van der Waals surface area contributed by atoms with E-state index in [9.17, 15) is 26.1 Å². The van der Waals surface area contributed by atoms with E-state index < -0.39 is 21.2 Å². The molecule has 0 aliphatic carbocycles. The van der Waals surface area contributed by atoms with Crippen molar-refractivity contribution in [1.29, 1.82) is 0 Å². The van der Waals surface area contributed by atoms with E-state index >= 15 is 0 Å². The van der Waals surface area contributed by atoms with Crippen LogP contribution in [0.25, 0.3) is 6.08 Å². The maximum atomic E-state index is 11.9. The molecule has 0 aliphatic heterocycles. The Kier molecular flexibility index (Phi) is 5.89. The van der Waals surface area contributed by atoms with Crippen LogP contribution < -0.4 is 29.6 Å². The second-order valence-corrected chi connectivity index (χ2v) is 4.21. The first-order valence-electron chi connectivity index (χ1n) is 4.01. The van der Waals surface area contributed by atoms with Crippen molar-refractivity contribution in [3.8, 4) is 0 Å². The monoisotopic (exact) mass is 274 g/mol. The van der Waals surface area contributed by atoms with E-state index in [1.165, 1.54) is 12.1 Å². The van der Waals surface area contributed by atoms with Gasteiger partial charge in [-0.3, -0.25) is 0 Å². The fraction of sp³-hybridized carbons (Fsp3) is 0.111. The Bertz CT molecular complexity index is 508. The van der Waals surface area contributed by atoms with Gasteiger partial charge in [-0.05, 0) is 17.7 Å². The second kappa shape index (κ2) is 6.01. The summed E-state index contributed by atoms with van der Waals surface area (Å²) in [5, 5.41) is 0. The smallest absolute Gasteiger partial charge is 0.744 e. The number of hydrogen-bond donors (Lipinski definition) is 0. The molecule has 0 fully saturated rings. The minimum Gasteiger partial charge on any atom is -0.744 e. The molecule has 0 aliphatic rings. The Hall–Kier alpha value is -0.340. The molecule has 0 N–H and O–H groups in total. The predicted molar refractivity (Wildman–Crippen MR) is 49.5 cm³/mol. The number of rotatable bonds is 2. The van der Waals surface area contributed by atoms with Crippen molar-refractivity contribution >= 4 is 16.2 Å². The molecule has 1 rings (SSSR count). The molecule has 0 bridgehead atoms. The molecular weight excluding hydrogens is 268 g/mol. The third-order valence-corrected chi connectivity index (χ3v) is 2.55. The Morgan fingerprint density at radius 3 is 2.18 bits per heavy atom. The van der Waals surface area contributed by atoms with Crippen molar-refractivity contribution in [3.63, 3.8) is 0 Å². The van der Waals surface area contributed by atoms with Gasteiger partial charge in [-0.15, -0.1) is 0 Å². The fourth-order valence-corrected chi connectivity index (χ4v) is 1.70. The molecule has 88 valence electrons. The molecule has 0 saturated carbocycles. The van der Waals surface area contributed by atoms with Gasteiger partial charge in [-0.2, -0.15) is 13.2 Å². The average Bonchev–Trinajstić information content (AvgIpc) is 2.12. The average molecular weight is 274 g/mol. The summed E-state index contributed by atoms with van der Waals surface area (Å²) in [6.07, 6.45) is -4.14. The largest absolute Gasteiger partial charge is 1.00 e. The molecule has 0 saturated heterocycles. The van der Waals surface area contributed by atoms with E-state index in [1.54, 1.807) is 0 Å². The molecule has 0 radical (unpaired) electrons. The summed E-state index contributed by atoms with van der Waals surface area (Å²) in [4.78, 5) is -0.671. The fourth-order valence-electron chi connectivity index (χ4n) is 1.03. The Morgan fingerprint density at radius 2 is 1.71 bits per heavy atom. The van der Waals surface area contributed by atoms with Crippen LogP contribution in [0, 0.1) is 0 Å². The minimum absolute atomic E-state index is 0. The van der Waals surface area contributed by atoms with Crippen LogP contribution in [-0.4, -0.2) is 19.1 Å². The van der Waals surface area contributed by atoms with Gasteiger partial charge >= 0.3 is 35.7 Å². The van der Waals surface area contributed by atoms with Gasteiger partial charge in [0.2, 0.25) is 0 Å². The summed E-state index contributed by atoms with van der Waals surface area (Å²) < 4.78 is 67.7. The van der Waals surface area contributed by atoms with Gasteiger partial charge in [-0.1, -0.05) is 18.2 Å². The Morgan fingerprint density at radius 1 is 1.18 bits per heavy atom. The summed E-state index contributed by atoms with van der Waals surface area (Å²) in [5.41, 5.74) is -0.283. The van der Waals surface area contributed by atoms with Crippen molar-refractivity contribution in [3.05, 3.63) is 35.9 Å². The first-order valence-corrected chi connectivity index (χ1v) is 5.42. The third-order valence-electron chi connectivity index (χ3n) is 1.64. The van der Waals surface area contributed by atoms with Gasteiger partial charge in [0, 0.05) is 6.08 Å². The molecule has 0 spiro atoms. The van der Waals surface area contributed by atoms with E-state index in [0.717, 1.165) is 12.1 Å². The molecule has 0 atom stereocenters. The molecule has 1 aromatic carbocycles. The maximum absolute atomic E-state index is 11.9. The normalized spacial score (nSPS) is 12.5. The molecule has 0 amide bonds. The van der Waals surface area contributed by atoms with Crippen LogP contribution in [0.3, 0.4) is 0 Å². The van der Waals surface area contributed by atoms with Crippen molar-refractivity contribution < 1.29 is 55.7 Å². The third kappa shape index (κ3) is 5.69. The number of hydrogen-bond acceptors (Lipinski definition) is 3. The van der Waals surface area contributed by atoms with Crippen LogP contribution in [0.15, 0.2) is 35.2 Å². The predicted octanol–water partition coefficient (Wildman–Crippen LogP) is -0.830. The maximum Gasteiger partial charge on any atom is 1.00 e. The number of halogens is 3. The summed E-state index contributed by atoms with van der Waals surface area (Å²) >= 11 is 0. The first-order chi connectivity index (χ1) is 7.20. The van der Waals surface area contributed by atoms with E-state index in [-0.39, 0.29) is 41.2 Å². The van der Waals surface area contributed by atoms with Crippen LogP contribution in [0.1, 0.15) is 5.56 Å². The molecular formula is C9H6F3NaO3S. The zero-order valence-corrected chi connectivity index (χ0v) is 11.5. The Balaban J connectivity index is 0.00000256. The topological polar surface area (TPSA) is 57.2 Å². The second-order valence-electron chi connectivity index (χ2n) is 2.87. The van der Waals surface area contributed by atoms with Crippen molar-refractivity contribution in [2.75, 3.05) is 0 Å². The van der Waals surface area contributed by atoms with Crippen LogP contribution in [0.4, 0.5) is 13.2 Å². The first kappa shape index (κ1) is 16.7. The van der Waals surface area contributed by atoms with Gasteiger partial charge in [0.25, 0.3) is 0 Å². The SMILES string of the molecule is O=S(=O)([O-])c1ccccc1/C=C/C(F)(F)F.[Na+]. The molecule has 1 aromatic rings. The number of benzene rings is 1. The number of alkyl halides is 3. The van der Waals surface area contributed by atoms with E-state index in [2.05, 4.69) is 0 Å². The van der Waals surface area contributed by atoms with Gasteiger partial charge in [-0.25, -0.2) is 8.42 Å². The van der Waals surface area contributed by atoms with Crippen LogP contribution in [0.5, 0.6) is 0 Å². The quantitative estimate of drug-likeness (QED) is 0.522. The summed E-state index contributed by atoms with van der Waals surface area (Å²) in [6, 6.07) is 4.67. The van der Waals surface area contributed by atoms with Crippen molar-refractivity contribution in [1.82, 2.24) is 0 Å². The molecule has 0 aromatic heterocycles. The van der Waals surface area contributed by atoms with Crippen LogP contribution in [-0.2, 0) is 10.1 Å². The van der Waals surface area contributed by atoms with Crippen LogP contribution >= 0.6 is 0 Å². The van der Waals surface area contributed by atoms with E-state index in [0.29, 0.717) is 6.08 Å². The molecule has 0 unspecified atom stereocenters. The standard InChI is InChI=1S/C9H7F3O3S.Na/c10-9(11,12)6-5-7-3-1-2-4-8(7)16(13,14)15;/h1-6H,(H,13,14,15);/q;+1/p-1/b6-5+;. The zero-order chi connectivity index (χ0) is 12.4. The summed E-state index contributed by atoms with van der Waals surface area (Å²) in [7, 11) is -4.77. The van der Waals surface area contributed by atoms with Gasteiger partial charge in [0.05, 0.1) is 4.90 Å². The summed E-state index contributed by atoms with van der Waals surface area (Å²) in [6.45, 7) is 0. The Labute approximate surface area is 118 Å². The molecule has 0 heterocycles. The van der Waals surface area contributed by atoms with Gasteiger partial charge in [0.1, 0.15) is 10.1 Å². The van der Waals surface area contributed by atoms with Gasteiger partial charge < -0.3 is 4.55 Å². The zero-order valence-electron chi connectivity index (χ0n) is 8.73. The van der Waals surface area contributed by atoms with E-state index in [1.807, 2.05) is 0 Å². The summed E-state index contributed by atoms with van der Waals surface area (Å²) in [5.74, 6) is 0. The van der Waals surface area contributed by atoms with Crippen LogP contribution in [0.2, 0.25) is 0 Å². The van der Waals surface area contributed by atoms with E-state index in [4.69, 9.17) is 0 Å². The van der Waals surface area contributed by atoms with Gasteiger partial charge in [0.15, 0.2) is 0 Å². The molecule has 17 heavy (non-hydrogen) atoms. The van der Waals surface area contributed by atoms with Crippen molar-refractivity contribution in [2.24, 2.45) is 0 Å². The minimum atomic E-state index is -4.77.